The molecule has 2 aliphatic carbocycles. The fourth-order valence-electron chi connectivity index (χ4n) is 4.14. The molecule has 1 aliphatic heterocycles. The maximum absolute atomic E-state index is 12.4. The van der Waals surface area contributed by atoms with Gasteiger partial charge in [-0.2, -0.15) is 0 Å². The van der Waals surface area contributed by atoms with Gasteiger partial charge in [-0.1, -0.05) is 6.42 Å². The highest BCUT2D eigenvalue weighted by molar-refractivity contribution is 5.93. The number of benzene rings is 1. The molecule has 1 aromatic rings. The maximum Gasteiger partial charge on any atom is 0.227 e. The zero-order valence-electron chi connectivity index (χ0n) is 12.6. The third-order valence-corrected chi connectivity index (χ3v) is 5.84. The van der Waals surface area contributed by atoms with E-state index in [0.717, 1.165) is 31.6 Å². The van der Waals surface area contributed by atoms with Gasteiger partial charge in [-0.3, -0.25) is 4.79 Å². The van der Waals surface area contributed by atoms with E-state index >= 15 is 0 Å². The molecule has 1 N–H and O–H groups in total. The maximum atomic E-state index is 12.4. The van der Waals surface area contributed by atoms with E-state index in [2.05, 4.69) is 22.3 Å². The summed E-state index contributed by atoms with van der Waals surface area (Å²) in [7, 11) is 0. The minimum atomic E-state index is 0.232. The van der Waals surface area contributed by atoms with Crippen molar-refractivity contribution >= 4 is 17.3 Å². The summed E-state index contributed by atoms with van der Waals surface area (Å²) in [4.78, 5) is 14.8. The molecule has 0 aromatic heterocycles. The summed E-state index contributed by atoms with van der Waals surface area (Å²) in [6.45, 7) is 2.33. The van der Waals surface area contributed by atoms with Gasteiger partial charge in [0.25, 0.3) is 0 Å². The van der Waals surface area contributed by atoms with E-state index in [1.165, 1.54) is 37.8 Å². The monoisotopic (exact) mass is 284 g/mol. The molecule has 1 saturated heterocycles. The number of hydrogen-bond acceptors (Lipinski definition) is 2. The predicted octanol–water partition coefficient (Wildman–Crippen LogP) is 3.81. The smallest absolute Gasteiger partial charge is 0.227 e. The lowest BCUT2D eigenvalue weighted by Gasteiger charge is -2.38. The number of hydrogen-bond donors (Lipinski definition) is 1. The van der Waals surface area contributed by atoms with E-state index in [4.69, 9.17) is 0 Å². The average molecular weight is 284 g/mol. The first-order valence-corrected chi connectivity index (χ1v) is 8.40. The van der Waals surface area contributed by atoms with Crippen molar-refractivity contribution in [3.63, 3.8) is 0 Å². The number of anilines is 2. The third-order valence-electron chi connectivity index (χ3n) is 5.84. The van der Waals surface area contributed by atoms with Crippen LogP contribution in [0.3, 0.4) is 0 Å². The van der Waals surface area contributed by atoms with Crippen molar-refractivity contribution in [2.24, 2.45) is 11.3 Å². The molecule has 1 aromatic carbocycles. The highest BCUT2D eigenvalue weighted by atomic mass is 16.1. The number of nitrogens with zero attached hydrogens (tertiary/aromatic N) is 1. The summed E-state index contributed by atoms with van der Waals surface area (Å²) < 4.78 is 0. The molecule has 4 rings (SSSR count). The summed E-state index contributed by atoms with van der Waals surface area (Å²) in [5.41, 5.74) is 2.76. The highest BCUT2D eigenvalue weighted by Gasteiger charge is 2.45. The van der Waals surface area contributed by atoms with Gasteiger partial charge in [0.1, 0.15) is 0 Å². The zero-order valence-corrected chi connectivity index (χ0v) is 12.6. The molecule has 1 unspecified atom stereocenters. The van der Waals surface area contributed by atoms with E-state index in [9.17, 15) is 4.79 Å². The van der Waals surface area contributed by atoms with E-state index in [1.807, 2.05) is 12.1 Å². The van der Waals surface area contributed by atoms with Crippen LogP contribution in [0.15, 0.2) is 24.3 Å². The second-order valence-electron chi connectivity index (χ2n) is 7.17. The Morgan fingerprint density at radius 3 is 2.38 bits per heavy atom. The van der Waals surface area contributed by atoms with Crippen LogP contribution in [0.5, 0.6) is 0 Å². The lowest BCUT2D eigenvalue weighted by atomic mass is 9.67. The second-order valence-corrected chi connectivity index (χ2v) is 7.17. The van der Waals surface area contributed by atoms with Crippen molar-refractivity contribution in [1.29, 1.82) is 0 Å². The van der Waals surface area contributed by atoms with Crippen molar-refractivity contribution in [1.82, 2.24) is 0 Å². The highest BCUT2D eigenvalue weighted by Crippen LogP contribution is 2.55. The quantitative estimate of drug-likeness (QED) is 0.915. The van der Waals surface area contributed by atoms with Crippen LogP contribution in [0, 0.1) is 11.3 Å². The SMILES string of the molecule is O=C(Nc1ccc(N2CCC2)cc1)C1CCC2(CCC2)C1. The number of carbonyl (C=O) groups excluding carboxylic acids is 1. The van der Waals surface area contributed by atoms with Gasteiger partial charge in [-0.15, -0.1) is 0 Å². The first kappa shape index (κ1) is 13.2. The molecule has 1 atom stereocenters. The Kier molecular flexibility index (Phi) is 3.16. The van der Waals surface area contributed by atoms with E-state index in [0.29, 0.717) is 5.41 Å². The van der Waals surface area contributed by atoms with Gasteiger partial charge in [0, 0.05) is 30.4 Å². The lowest BCUT2D eigenvalue weighted by molar-refractivity contribution is -0.120. The summed E-state index contributed by atoms with van der Waals surface area (Å²) >= 11 is 0. The van der Waals surface area contributed by atoms with Crippen molar-refractivity contribution in [2.75, 3.05) is 23.3 Å². The van der Waals surface area contributed by atoms with Gasteiger partial charge < -0.3 is 10.2 Å². The van der Waals surface area contributed by atoms with Gasteiger partial charge in [-0.25, -0.2) is 0 Å². The first-order valence-electron chi connectivity index (χ1n) is 8.40. The van der Waals surface area contributed by atoms with Gasteiger partial charge in [0.05, 0.1) is 0 Å². The molecular weight excluding hydrogens is 260 g/mol. The van der Waals surface area contributed by atoms with Crippen molar-refractivity contribution in [3.05, 3.63) is 24.3 Å². The van der Waals surface area contributed by atoms with Gasteiger partial charge >= 0.3 is 0 Å². The Labute approximate surface area is 126 Å². The van der Waals surface area contributed by atoms with E-state index in [-0.39, 0.29) is 11.8 Å². The van der Waals surface area contributed by atoms with Crippen LogP contribution in [0.25, 0.3) is 0 Å². The predicted molar refractivity (Wildman–Crippen MR) is 85.5 cm³/mol. The molecule has 3 fully saturated rings. The molecule has 1 spiro atoms. The third kappa shape index (κ3) is 2.43. The molecule has 2 saturated carbocycles. The molecular formula is C18H24N2O. The normalized spacial score (nSPS) is 26.3. The fraction of sp³-hybridized carbons (Fsp3) is 0.611. The Morgan fingerprint density at radius 1 is 1.10 bits per heavy atom. The van der Waals surface area contributed by atoms with E-state index < -0.39 is 0 Å². The van der Waals surface area contributed by atoms with Crippen LogP contribution in [-0.2, 0) is 4.79 Å². The molecule has 1 amide bonds. The summed E-state index contributed by atoms with van der Waals surface area (Å²) in [6, 6.07) is 8.33. The molecule has 3 heteroatoms. The molecule has 3 nitrogen and oxygen atoms in total. The standard InChI is InChI=1S/C18H24N2O/c21-17(14-7-10-18(13-14)8-1-9-18)19-15-3-5-16(6-4-15)20-11-2-12-20/h3-6,14H,1-2,7-13H2,(H,19,21). The summed E-state index contributed by atoms with van der Waals surface area (Å²) in [6.07, 6.45) is 8.82. The molecule has 21 heavy (non-hydrogen) atoms. The molecule has 112 valence electrons. The average Bonchev–Trinajstić information content (AvgIpc) is 2.84. The number of rotatable bonds is 3. The second kappa shape index (κ2) is 5.04. The number of amides is 1. The largest absolute Gasteiger partial charge is 0.371 e. The van der Waals surface area contributed by atoms with Crippen molar-refractivity contribution in [2.45, 2.75) is 44.9 Å². The van der Waals surface area contributed by atoms with Gasteiger partial charge in [0.2, 0.25) is 5.91 Å². The molecule has 1 heterocycles. The zero-order chi connectivity index (χ0) is 14.3. The topological polar surface area (TPSA) is 32.3 Å². The number of nitrogens with one attached hydrogen (secondary N) is 1. The van der Waals surface area contributed by atoms with Crippen LogP contribution in [0.4, 0.5) is 11.4 Å². The van der Waals surface area contributed by atoms with Gasteiger partial charge in [-0.05, 0) is 68.2 Å². The van der Waals surface area contributed by atoms with Gasteiger partial charge in [0.15, 0.2) is 0 Å². The molecule has 3 aliphatic rings. The Bertz CT molecular complexity index is 529. The summed E-state index contributed by atoms with van der Waals surface area (Å²) in [5.74, 6) is 0.468. The fourth-order valence-corrected chi connectivity index (χ4v) is 4.14. The number of carbonyl (C=O) groups is 1. The minimum absolute atomic E-state index is 0.232. The van der Waals surface area contributed by atoms with Crippen LogP contribution in [0.2, 0.25) is 0 Å². The molecule has 0 radical (unpaired) electrons. The van der Waals surface area contributed by atoms with Crippen molar-refractivity contribution < 1.29 is 4.79 Å². The lowest BCUT2D eigenvalue weighted by Crippen LogP contribution is -2.36. The van der Waals surface area contributed by atoms with Crippen LogP contribution in [0.1, 0.15) is 44.9 Å². The van der Waals surface area contributed by atoms with Crippen LogP contribution < -0.4 is 10.2 Å². The first-order chi connectivity index (χ1) is 10.2. The van der Waals surface area contributed by atoms with Crippen molar-refractivity contribution in [3.8, 4) is 0 Å². The Balaban J connectivity index is 1.35. The minimum Gasteiger partial charge on any atom is -0.371 e. The summed E-state index contributed by atoms with van der Waals surface area (Å²) in [5, 5.41) is 3.11. The Hall–Kier alpha value is -1.51. The van der Waals surface area contributed by atoms with Crippen LogP contribution in [-0.4, -0.2) is 19.0 Å². The van der Waals surface area contributed by atoms with Crippen LogP contribution >= 0.6 is 0 Å². The van der Waals surface area contributed by atoms with E-state index in [1.54, 1.807) is 0 Å². The Morgan fingerprint density at radius 2 is 1.86 bits per heavy atom. The molecule has 0 bridgehead atoms.